The van der Waals surface area contributed by atoms with Gasteiger partial charge in [0, 0.05) is 12.1 Å². The van der Waals surface area contributed by atoms with Gasteiger partial charge in [-0.15, -0.1) is 0 Å². The van der Waals surface area contributed by atoms with E-state index < -0.39 is 5.60 Å². The van der Waals surface area contributed by atoms with Crippen molar-refractivity contribution in [1.82, 2.24) is 14.4 Å². The first kappa shape index (κ1) is 15.7. The van der Waals surface area contributed by atoms with Gasteiger partial charge in [0.25, 0.3) is 0 Å². The van der Waals surface area contributed by atoms with Crippen LogP contribution in [-0.4, -0.2) is 25.1 Å². The van der Waals surface area contributed by atoms with Gasteiger partial charge in [-0.05, 0) is 38.3 Å². The Bertz CT molecular complexity index is 859. The zero-order valence-corrected chi connectivity index (χ0v) is 14.2. The van der Waals surface area contributed by atoms with E-state index in [4.69, 9.17) is 10.7 Å². The molecule has 0 bridgehead atoms. The molecule has 0 radical (unpaired) electrons. The monoisotopic (exact) mass is 312 g/mol. The predicted molar refractivity (Wildman–Crippen MR) is 93.4 cm³/mol. The molecule has 0 aliphatic carbocycles. The first-order chi connectivity index (χ1) is 10.8. The minimum absolute atomic E-state index is 0.427. The molecule has 2 aromatic heterocycles. The lowest BCUT2D eigenvalue weighted by Gasteiger charge is -2.19. The number of nitrogens with zero attached hydrogens (tertiary/aromatic N) is 3. The molecule has 0 atom stereocenters. The van der Waals surface area contributed by atoms with E-state index in [1.54, 1.807) is 0 Å². The number of aromatic nitrogens is 3. The van der Waals surface area contributed by atoms with Crippen LogP contribution in [0.3, 0.4) is 0 Å². The Hall–Kier alpha value is -2.14. The number of benzene rings is 1. The Kier molecular flexibility index (Phi) is 3.76. The Morgan fingerprint density at radius 1 is 1.22 bits per heavy atom. The number of rotatable bonds is 4. The van der Waals surface area contributed by atoms with Gasteiger partial charge in [-0.25, -0.2) is 9.97 Å². The third kappa shape index (κ3) is 3.01. The summed E-state index contributed by atoms with van der Waals surface area (Å²) < 4.78 is 2.06. The Balaban J connectivity index is 2.37. The largest absolute Gasteiger partial charge is 0.390 e. The summed E-state index contributed by atoms with van der Waals surface area (Å²) in [6.45, 7) is 7.96. The van der Waals surface area contributed by atoms with Crippen molar-refractivity contribution >= 4 is 22.5 Å². The van der Waals surface area contributed by atoms with Gasteiger partial charge in [0.15, 0.2) is 11.5 Å². The SMILES string of the molecule is CC(C)Cc1nc2c(N)nc3ccccc3n2c1CC(C)(C)O. The molecule has 2 heterocycles. The number of imidazole rings is 1. The average Bonchev–Trinajstić information content (AvgIpc) is 2.76. The van der Waals surface area contributed by atoms with E-state index in [0.717, 1.165) is 28.8 Å². The highest BCUT2D eigenvalue weighted by Crippen LogP contribution is 2.27. The summed E-state index contributed by atoms with van der Waals surface area (Å²) in [5, 5.41) is 10.4. The van der Waals surface area contributed by atoms with E-state index in [0.29, 0.717) is 23.8 Å². The van der Waals surface area contributed by atoms with E-state index >= 15 is 0 Å². The van der Waals surface area contributed by atoms with Gasteiger partial charge in [0.2, 0.25) is 0 Å². The minimum Gasteiger partial charge on any atom is -0.390 e. The second-order valence-corrected chi connectivity index (χ2v) is 7.24. The fraction of sp³-hybridized carbons (Fsp3) is 0.444. The maximum atomic E-state index is 10.4. The van der Waals surface area contributed by atoms with Crippen LogP contribution >= 0.6 is 0 Å². The number of para-hydroxylation sites is 2. The van der Waals surface area contributed by atoms with Crippen LogP contribution in [0.4, 0.5) is 5.82 Å². The maximum Gasteiger partial charge on any atom is 0.180 e. The summed E-state index contributed by atoms with van der Waals surface area (Å²) in [6.07, 6.45) is 1.37. The molecule has 0 unspecified atom stereocenters. The van der Waals surface area contributed by atoms with Gasteiger partial charge >= 0.3 is 0 Å². The topological polar surface area (TPSA) is 76.4 Å². The van der Waals surface area contributed by atoms with Crippen molar-refractivity contribution in [2.75, 3.05) is 5.73 Å². The highest BCUT2D eigenvalue weighted by Gasteiger charge is 2.23. The molecular weight excluding hydrogens is 288 g/mol. The standard InChI is InChI=1S/C18H24N4O/c1-11(2)9-13-15(10-18(3,4)23)22-14-8-6-5-7-12(14)20-16(19)17(22)21-13/h5-8,11,23H,9-10H2,1-4H3,(H2,19,20). The summed E-state index contributed by atoms with van der Waals surface area (Å²) in [6, 6.07) is 7.89. The van der Waals surface area contributed by atoms with Crippen molar-refractivity contribution in [1.29, 1.82) is 0 Å². The fourth-order valence-corrected chi connectivity index (χ4v) is 3.00. The second-order valence-electron chi connectivity index (χ2n) is 7.24. The van der Waals surface area contributed by atoms with Crippen LogP contribution in [0.25, 0.3) is 16.7 Å². The summed E-state index contributed by atoms with van der Waals surface area (Å²) >= 11 is 0. The van der Waals surface area contributed by atoms with Crippen molar-refractivity contribution in [3.05, 3.63) is 35.7 Å². The van der Waals surface area contributed by atoms with Crippen LogP contribution in [0.1, 0.15) is 39.1 Å². The van der Waals surface area contributed by atoms with Crippen molar-refractivity contribution in [3.63, 3.8) is 0 Å². The lowest BCUT2D eigenvalue weighted by molar-refractivity contribution is 0.0795. The molecule has 0 amide bonds. The average molecular weight is 312 g/mol. The lowest BCUT2D eigenvalue weighted by Crippen LogP contribution is -2.24. The molecular formula is C18H24N4O. The number of fused-ring (bicyclic) bond motifs is 3. The summed E-state index contributed by atoms with van der Waals surface area (Å²) in [5.74, 6) is 0.900. The highest BCUT2D eigenvalue weighted by molar-refractivity contribution is 5.82. The van der Waals surface area contributed by atoms with Crippen LogP contribution < -0.4 is 5.73 Å². The summed E-state index contributed by atoms with van der Waals surface area (Å²) in [4.78, 5) is 9.22. The third-order valence-electron chi connectivity index (χ3n) is 3.85. The Labute approximate surface area is 136 Å². The third-order valence-corrected chi connectivity index (χ3v) is 3.85. The minimum atomic E-state index is -0.819. The highest BCUT2D eigenvalue weighted by atomic mass is 16.3. The molecule has 122 valence electrons. The molecule has 3 N–H and O–H groups in total. The quantitative estimate of drug-likeness (QED) is 0.776. The van der Waals surface area contributed by atoms with E-state index in [9.17, 15) is 5.11 Å². The van der Waals surface area contributed by atoms with Gasteiger partial charge in [0.1, 0.15) is 0 Å². The number of nitrogen functional groups attached to an aromatic ring is 1. The van der Waals surface area contributed by atoms with E-state index in [2.05, 4.69) is 23.2 Å². The zero-order valence-electron chi connectivity index (χ0n) is 14.2. The molecule has 0 fully saturated rings. The molecule has 23 heavy (non-hydrogen) atoms. The number of nitrogens with two attached hydrogens (primary N) is 1. The van der Waals surface area contributed by atoms with Gasteiger partial charge < -0.3 is 10.8 Å². The lowest BCUT2D eigenvalue weighted by atomic mass is 9.98. The van der Waals surface area contributed by atoms with Crippen molar-refractivity contribution in [3.8, 4) is 0 Å². The first-order valence-corrected chi connectivity index (χ1v) is 8.03. The molecule has 0 spiro atoms. The van der Waals surface area contributed by atoms with Crippen LogP contribution in [0.5, 0.6) is 0 Å². The second kappa shape index (κ2) is 5.49. The Morgan fingerprint density at radius 3 is 2.57 bits per heavy atom. The smallest absolute Gasteiger partial charge is 0.180 e. The molecule has 0 aliphatic rings. The van der Waals surface area contributed by atoms with Crippen molar-refractivity contribution in [2.24, 2.45) is 5.92 Å². The summed E-state index contributed by atoms with van der Waals surface area (Å²) in [7, 11) is 0. The number of hydrogen-bond donors (Lipinski definition) is 2. The molecule has 0 aliphatic heterocycles. The number of anilines is 1. The fourth-order valence-electron chi connectivity index (χ4n) is 3.00. The number of hydrogen-bond acceptors (Lipinski definition) is 4. The molecule has 5 heteroatoms. The predicted octanol–water partition coefficient (Wildman–Crippen LogP) is 2.98. The van der Waals surface area contributed by atoms with E-state index in [1.165, 1.54) is 0 Å². The van der Waals surface area contributed by atoms with Crippen LogP contribution in [0, 0.1) is 5.92 Å². The molecule has 0 saturated heterocycles. The molecule has 5 nitrogen and oxygen atoms in total. The van der Waals surface area contributed by atoms with Gasteiger partial charge in [0.05, 0.1) is 22.3 Å². The van der Waals surface area contributed by atoms with Crippen LogP contribution in [0.15, 0.2) is 24.3 Å². The van der Waals surface area contributed by atoms with Crippen molar-refractivity contribution < 1.29 is 5.11 Å². The van der Waals surface area contributed by atoms with Crippen LogP contribution in [0.2, 0.25) is 0 Å². The first-order valence-electron chi connectivity index (χ1n) is 8.03. The molecule has 3 rings (SSSR count). The van der Waals surface area contributed by atoms with Crippen molar-refractivity contribution in [2.45, 2.75) is 46.1 Å². The zero-order chi connectivity index (χ0) is 16.8. The maximum absolute atomic E-state index is 10.4. The summed E-state index contributed by atoms with van der Waals surface area (Å²) in [5.41, 5.74) is 9.82. The van der Waals surface area contributed by atoms with Crippen LogP contribution in [-0.2, 0) is 12.8 Å². The van der Waals surface area contributed by atoms with Gasteiger partial charge in [-0.1, -0.05) is 26.0 Å². The van der Waals surface area contributed by atoms with Gasteiger partial charge in [-0.3, -0.25) is 4.40 Å². The molecule has 0 saturated carbocycles. The van der Waals surface area contributed by atoms with E-state index in [1.807, 2.05) is 38.1 Å². The normalized spacial score (nSPS) is 12.6. The van der Waals surface area contributed by atoms with Gasteiger partial charge in [-0.2, -0.15) is 0 Å². The molecule has 3 aromatic rings. The molecule has 1 aromatic carbocycles. The number of aliphatic hydroxyl groups is 1. The van der Waals surface area contributed by atoms with E-state index in [-0.39, 0.29) is 0 Å². The Morgan fingerprint density at radius 2 is 1.91 bits per heavy atom.